The number of carboxylic acids is 1. The predicted octanol–water partition coefficient (Wildman–Crippen LogP) is 7.34. The number of hydrogen-bond donors (Lipinski definition) is 1. The summed E-state index contributed by atoms with van der Waals surface area (Å²) in [5.41, 5.74) is -1.10. The van der Waals surface area contributed by atoms with Gasteiger partial charge in [0.1, 0.15) is 0 Å². The number of rotatable bonds is 17. The normalized spacial score (nSPS) is 13.5. The summed E-state index contributed by atoms with van der Waals surface area (Å²) < 4.78 is 5.36. The first-order valence-electron chi connectivity index (χ1n) is 10.8. The number of allylic oxidation sites excluding steroid dienone is 12. The molecular formula is C26H40O3. The molecule has 0 aliphatic heterocycles. The standard InChI is InChI=1S/C26H40O3/c1-4-5-6-7-8-9-10-11-12-13-14-15-16-17-18-19-20-21-22-23-24-29-26(2,3)25(27)28/h5-6,8-9,11-12,14-15,17-18,20-21H,4,7,10,13,16,19,22-24H2,1-3H3,(H,27,28). The average Bonchev–Trinajstić information content (AvgIpc) is 2.69. The van der Waals surface area contributed by atoms with E-state index in [0.29, 0.717) is 6.61 Å². The lowest BCUT2D eigenvalue weighted by Crippen LogP contribution is -2.34. The molecule has 0 aromatic carbocycles. The van der Waals surface area contributed by atoms with E-state index >= 15 is 0 Å². The lowest BCUT2D eigenvalue weighted by molar-refractivity contribution is -0.161. The first kappa shape index (κ1) is 26.9. The molecule has 0 unspecified atom stereocenters. The quantitative estimate of drug-likeness (QED) is 0.205. The molecule has 0 aliphatic carbocycles. The van der Waals surface area contributed by atoms with Gasteiger partial charge in [-0.2, -0.15) is 0 Å². The zero-order chi connectivity index (χ0) is 21.6. The van der Waals surface area contributed by atoms with Crippen molar-refractivity contribution in [1.29, 1.82) is 0 Å². The van der Waals surface area contributed by atoms with Crippen LogP contribution < -0.4 is 0 Å². The van der Waals surface area contributed by atoms with Crippen LogP contribution in [0.2, 0.25) is 0 Å². The molecule has 0 heterocycles. The first-order valence-corrected chi connectivity index (χ1v) is 10.8. The van der Waals surface area contributed by atoms with Crippen LogP contribution in [0.1, 0.15) is 72.1 Å². The van der Waals surface area contributed by atoms with E-state index in [2.05, 4.69) is 79.8 Å². The molecule has 0 radical (unpaired) electrons. The van der Waals surface area contributed by atoms with Gasteiger partial charge in [0.15, 0.2) is 5.60 Å². The second kappa shape index (κ2) is 19.2. The van der Waals surface area contributed by atoms with Crippen molar-refractivity contribution in [2.75, 3.05) is 6.61 Å². The predicted molar refractivity (Wildman–Crippen MR) is 125 cm³/mol. The van der Waals surface area contributed by atoms with Crippen LogP contribution in [0, 0.1) is 0 Å². The van der Waals surface area contributed by atoms with E-state index in [1.54, 1.807) is 13.8 Å². The van der Waals surface area contributed by atoms with Gasteiger partial charge in [-0.1, -0.05) is 79.8 Å². The number of carboxylic acid groups (broad SMARTS) is 1. The lowest BCUT2D eigenvalue weighted by Gasteiger charge is -2.19. The summed E-state index contributed by atoms with van der Waals surface area (Å²) >= 11 is 0. The van der Waals surface area contributed by atoms with Crippen LogP contribution in [0.5, 0.6) is 0 Å². The minimum Gasteiger partial charge on any atom is -0.479 e. The highest BCUT2D eigenvalue weighted by molar-refractivity contribution is 5.76. The van der Waals surface area contributed by atoms with Gasteiger partial charge in [0.05, 0.1) is 0 Å². The Hall–Kier alpha value is -2.13. The summed E-state index contributed by atoms with van der Waals surface area (Å²) in [4.78, 5) is 10.9. The molecule has 0 bridgehead atoms. The number of ether oxygens (including phenoxy) is 1. The second-order valence-corrected chi connectivity index (χ2v) is 7.22. The third kappa shape index (κ3) is 19.0. The van der Waals surface area contributed by atoms with E-state index < -0.39 is 11.6 Å². The Labute approximate surface area is 178 Å². The van der Waals surface area contributed by atoms with Crippen LogP contribution in [0.3, 0.4) is 0 Å². The van der Waals surface area contributed by atoms with Gasteiger partial charge in [-0.25, -0.2) is 4.79 Å². The summed E-state index contributed by atoms with van der Waals surface area (Å²) in [6.45, 7) is 5.77. The molecule has 0 aromatic heterocycles. The summed E-state index contributed by atoms with van der Waals surface area (Å²) in [7, 11) is 0. The smallest absolute Gasteiger partial charge is 0.335 e. The SMILES string of the molecule is CCC=CCC=CCC=CCC=CCC=CCC=CCCCOC(C)(C)C(=O)O. The Kier molecular flexibility index (Phi) is 17.8. The maximum Gasteiger partial charge on any atom is 0.335 e. The summed E-state index contributed by atoms with van der Waals surface area (Å²) in [5, 5.41) is 8.95. The molecule has 0 saturated carbocycles. The summed E-state index contributed by atoms with van der Waals surface area (Å²) in [5.74, 6) is -0.925. The lowest BCUT2D eigenvalue weighted by atomic mass is 10.1. The van der Waals surface area contributed by atoms with E-state index in [4.69, 9.17) is 9.84 Å². The molecule has 0 aliphatic rings. The van der Waals surface area contributed by atoms with Gasteiger partial charge in [0.2, 0.25) is 0 Å². The van der Waals surface area contributed by atoms with Crippen molar-refractivity contribution in [2.45, 2.75) is 77.7 Å². The average molecular weight is 401 g/mol. The highest BCUT2D eigenvalue weighted by Crippen LogP contribution is 2.10. The third-order valence-corrected chi connectivity index (χ3v) is 4.09. The van der Waals surface area contributed by atoms with Gasteiger partial charge < -0.3 is 9.84 Å². The summed E-state index contributed by atoms with van der Waals surface area (Å²) in [6.07, 6.45) is 34.0. The molecule has 29 heavy (non-hydrogen) atoms. The Morgan fingerprint density at radius 1 is 0.724 bits per heavy atom. The molecule has 0 spiro atoms. The van der Waals surface area contributed by atoms with Gasteiger partial charge in [-0.15, -0.1) is 0 Å². The highest BCUT2D eigenvalue weighted by atomic mass is 16.5. The fourth-order valence-electron chi connectivity index (χ4n) is 2.23. The van der Waals surface area contributed by atoms with E-state index in [-0.39, 0.29) is 0 Å². The number of unbranched alkanes of at least 4 members (excludes halogenated alkanes) is 1. The fourth-order valence-corrected chi connectivity index (χ4v) is 2.23. The zero-order valence-electron chi connectivity index (χ0n) is 18.6. The molecule has 162 valence electrons. The van der Waals surface area contributed by atoms with Crippen LogP contribution in [-0.2, 0) is 9.53 Å². The van der Waals surface area contributed by atoms with Crippen LogP contribution in [0.25, 0.3) is 0 Å². The molecule has 0 aromatic rings. The summed E-state index contributed by atoms with van der Waals surface area (Å²) in [6, 6.07) is 0. The minimum absolute atomic E-state index is 0.464. The molecule has 1 N–H and O–H groups in total. The molecule has 0 saturated heterocycles. The highest BCUT2D eigenvalue weighted by Gasteiger charge is 2.27. The first-order chi connectivity index (χ1) is 14.0. The van der Waals surface area contributed by atoms with Gasteiger partial charge in [0, 0.05) is 6.61 Å². The van der Waals surface area contributed by atoms with Gasteiger partial charge in [-0.3, -0.25) is 0 Å². The van der Waals surface area contributed by atoms with Crippen molar-refractivity contribution in [1.82, 2.24) is 0 Å². The number of carbonyl (C=O) groups is 1. The van der Waals surface area contributed by atoms with Crippen LogP contribution >= 0.6 is 0 Å². The van der Waals surface area contributed by atoms with Crippen molar-refractivity contribution < 1.29 is 14.6 Å². The van der Waals surface area contributed by atoms with Crippen LogP contribution in [0.4, 0.5) is 0 Å². The van der Waals surface area contributed by atoms with E-state index in [1.165, 1.54) is 0 Å². The fraction of sp³-hybridized carbons (Fsp3) is 0.500. The molecule has 0 atom stereocenters. The van der Waals surface area contributed by atoms with E-state index in [1.807, 2.05) is 0 Å². The molecule has 0 rings (SSSR count). The van der Waals surface area contributed by atoms with Gasteiger partial charge >= 0.3 is 5.97 Å². The van der Waals surface area contributed by atoms with Crippen molar-refractivity contribution in [3.63, 3.8) is 0 Å². The molecule has 3 nitrogen and oxygen atoms in total. The Morgan fingerprint density at radius 3 is 1.48 bits per heavy atom. The monoisotopic (exact) mass is 400 g/mol. The van der Waals surface area contributed by atoms with Crippen molar-refractivity contribution in [3.8, 4) is 0 Å². The largest absolute Gasteiger partial charge is 0.479 e. The number of aliphatic carboxylic acids is 1. The van der Waals surface area contributed by atoms with Crippen molar-refractivity contribution in [2.24, 2.45) is 0 Å². The van der Waals surface area contributed by atoms with Crippen LogP contribution in [-0.4, -0.2) is 23.3 Å². The third-order valence-electron chi connectivity index (χ3n) is 4.09. The van der Waals surface area contributed by atoms with Crippen molar-refractivity contribution >= 4 is 5.97 Å². The maximum atomic E-state index is 10.9. The van der Waals surface area contributed by atoms with Crippen molar-refractivity contribution in [3.05, 3.63) is 72.9 Å². The maximum absolute atomic E-state index is 10.9. The molecular weight excluding hydrogens is 360 g/mol. The minimum atomic E-state index is -1.10. The van der Waals surface area contributed by atoms with Gasteiger partial charge in [0.25, 0.3) is 0 Å². The second-order valence-electron chi connectivity index (χ2n) is 7.22. The Morgan fingerprint density at radius 2 is 1.10 bits per heavy atom. The van der Waals surface area contributed by atoms with Crippen LogP contribution in [0.15, 0.2) is 72.9 Å². The topological polar surface area (TPSA) is 46.5 Å². The Bertz CT molecular complexity index is 575. The van der Waals surface area contributed by atoms with E-state index in [0.717, 1.165) is 51.4 Å². The van der Waals surface area contributed by atoms with E-state index in [9.17, 15) is 4.79 Å². The Balaban J connectivity index is 3.59. The zero-order valence-corrected chi connectivity index (χ0v) is 18.6. The molecule has 0 amide bonds. The van der Waals surface area contributed by atoms with Gasteiger partial charge in [-0.05, 0) is 65.2 Å². The molecule has 0 fully saturated rings. The number of hydrogen-bond acceptors (Lipinski definition) is 2. The molecule has 3 heteroatoms.